The zero-order chi connectivity index (χ0) is 11.2. The molecule has 0 aliphatic carbocycles. The first-order valence-corrected chi connectivity index (χ1v) is 5.47. The van der Waals surface area contributed by atoms with Gasteiger partial charge in [0.25, 0.3) is 0 Å². The van der Waals surface area contributed by atoms with Gasteiger partial charge in [-0.25, -0.2) is 0 Å². The summed E-state index contributed by atoms with van der Waals surface area (Å²) >= 11 is 0. The van der Waals surface area contributed by atoms with E-state index in [-0.39, 0.29) is 12.1 Å². The molecule has 14 heavy (non-hydrogen) atoms. The van der Waals surface area contributed by atoms with E-state index in [1.807, 2.05) is 0 Å². The summed E-state index contributed by atoms with van der Waals surface area (Å²) in [6.45, 7) is 8.63. The van der Waals surface area contributed by atoms with Gasteiger partial charge in [0.2, 0.25) is 0 Å². The third-order valence-corrected chi connectivity index (χ3v) is 2.89. The molecule has 0 unspecified atom stereocenters. The van der Waals surface area contributed by atoms with Crippen molar-refractivity contribution in [1.82, 2.24) is 5.32 Å². The highest BCUT2D eigenvalue weighted by atomic mass is 16.3. The summed E-state index contributed by atoms with van der Waals surface area (Å²) in [6.07, 6.45) is 2.52. The lowest BCUT2D eigenvalue weighted by molar-refractivity contribution is 0.0639. The van der Waals surface area contributed by atoms with E-state index in [0.717, 1.165) is 19.4 Å². The molecule has 0 amide bonds. The summed E-state index contributed by atoms with van der Waals surface area (Å²) in [5.74, 6) is 0. The van der Waals surface area contributed by atoms with Crippen LogP contribution in [0.15, 0.2) is 0 Å². The lowest BCUT2D eigenvalue weighted by Crippen LogP contribution is -2.48. The Hall–Kier alpha value is -0.120. The molecule has 86 valence electrons. The number of rotatable bonds is 7. The first-order chi connectivity index (χ1) is 6.39. The van der Waals surface area contributed by atoms with E-state index in [0.29, 0.717) is 6.42 Å². The molecule has 0 heterocycles. The highest BCUT2D eigenvalue weighted by Gasteiger charge is 2.24. The van der Waals surface area contributed by atoms with E-state index >= 15 is 0 Å². The van der Waals surface area contributed by atoms with E-state index < -0.39 is 5.60 Å². The molecule has 0 fully saturated rings. The Morgan fingerprint density at radius 1 is 1.14 bits per heavy atom. The fraction of sp³-hybridized carbons (Fsp3) is 1.00. The van der Waals surface area contributed by atoms with Crippen LogP contribution in [-0.4, -0.2) is 34.5 Å². The zero-order valence-corrected chi connectivity index (χ0v) is 9.93. The van der Waals surface area contributed by atoms with E-state index in [4.69, 9.17) is 0 Å². The van der Waals surface area contributed by atoms with Gasteiger partial charge in [-0.15, -0.1) is 0 Å². The Kier molecular flexibility index (Phi) is 5.64. The van der Waals surface area contributed by atoms with Crippen LogP contribution in [0.25, 0.3) is 0 Å². The van der Waals surface area contributed by atoms with Crippen molar-refractivity contribution in [3.8, 4) is 0 Å². The van der Waals surface area contributed by atoms with Crippen molar-refractivity contribution in [2.24, 2.45) is 0 Å². The predicted octanol–water partition coefficient (Wildman–Crippen LogP) is 1.29. The number of aliphatic hydroxyl groups is 2. The van der Waals surface area contributed by atoms with Crippen LogP contribution in [0.3, 0.4) is 0 Å². The molecular weight excluding hydrogens is 178 g/mol. The molecular formula is C11H25NO2. The standard InChI is InChI=1S/C11H25NO2/c1-5-11(6-2,9-13)12-8-7-10(3,4)14/h12-14H,5-9H2,1-4H3. The van der Waals surface area contributed by atoms with Crippen molar-refractivity contribution in [1.29, 1.82) is 0 Å². The van der Waals surface area contributed by atoms with Crippen molar-refractivity contribution < 1.29 is 10.2 Å². The monoisotopic (exact) mass is 203 g/mol. The first kappa shape index (κ1) is 13.9. The molecule has 0 spiro atoms. The summed E-state index contributed by atoms with van der Waals surface area (Å²) in [7, 11) is 0. The summed E-state index contributed by atoms with van der Waals surface area (Å²) in [6, 6.07) is 0. The molecule has 3 heteroatoms. The molecule has 0 aliphatic heterocycles. The predicted molar refractivity (Wildman–Crippen MR) is 59.3 cm³/mol. The van der Waals surface area contributed by atoms with Crippen LogP contribution in [0.4, 0.5) is 0 Å². The summed E-state index contributed by atoms with van der Waals surface area (Å²) in [5.41, 5.74) is -0.791. The fourth-order valence-electron chi connectivity index (χ4n) is 1.41. The third kappa shape index (κ3) is 4.94. The average molecular weight is 203 g/mol. The van der Waals surface area contributed by atoms with E-state index in [1.165, 1.54) is 0 Å². The molecule has 0 rings (SSSR count). The van der Waals surface area contributed by atoms with Gasteiger partial charge in [-0.1, -0.05) is 13.8 Å². The lowest BCUT2D eigenvalue weighted by atomic mass is 9.93. The Labute approximate surface area is 87.5 Å². The van der Waals surface area contributed by atoms with Gasteiger partial charge < -0.3 is 15.5 Å². The molecule has 3 nitrogen and oxygen atoms in total. The summed E-state index contributed by atoms with van der Waals surface area (Å²) in [5, 5.41) is 22.1. The number of hydrogen-bond donors (Lipinski definition) is 3. The average Bonchev–Trinajstić information content (AvgIpc) is 2.11. The van der Waals surface area contributed by atoms with E-state index in [1.54, 1.807) is 13.8 Å². The summed E-state index contributed by atoms with van der Waals surface area (Å²) < 4.78 is 0. The van der Waals surface area contributed by atoms with Crippen LogP contribution in [0.1, 0.15) is 47.0 Å². The molecule has 0 aromatic rings. The van der Waals surface area contributed by atoms with Gasteiger partial charge in [-0.05, 0) is 39.7 Å². The van der Waals surface area contributed by atoms with Gasteiger partial charge in [-0.3, -0.25) is 0 Å². The normalized spacial score (nSPS) is 13.3. The minimum Gasteiger partial charge on any atom is -0.394 e. The molecule has 0 bridgehead atoms. The largest absolute Gasteiger partial charge is 0.394 e. The van der Waals surface area contributed by atoms with Crippen LogP contribution in [-0.2, 0) is 0 Å². The number of aliphatic hydroxyl groups excluding tert-OH is 1. The smallest absolute Gasteiger partial charge is 0.0613 e. The van der Waals surface area contributed by atoms with Crippen molar-refractivity contribution in [3.05, 3.63) is 0 Å². The van der Waals surface area contributed by atoms with Crippen molar-refractivity contribution >= 4 is 0 Å². The Balaban J connectivity index is 3.95. The van der Waals surface area contributed by atoms with Crippen LogP contribution in [0, 0.1) is 0 Å². The lowest BCUT2D eigenvalue weighted by Gasteiger charge is -2.32. The van der Waals surface area contributed by atoms with Crippen molar-refractivity contribution in [2.45, 2.75) is 58.1 Å². The first-order valence-electron chi connectivity index (χ1n) is 5.47. The van der Waals surface area contributed by atoms with Crippen LogP contribution >= 0.6 is 0 Å². The highest BCUT2D eigenvalue weighted by Crippen LogP contribution is 2.15. The summed E-state index contributed by atoms with van der Waals surface area (Å²) in [4.78, 5) is 0. The molecule has 0 aliphatic rings. The van der Waals surface area contributed by atoms with Crippen molar-refractivity contribution in [2.75, 3.05) is 13.2 Å². The molecule has 0 saturated carbocycles. The van der Waals surface area contributed by atoms with Crippen LogP contribution in [0.5, 0.6) is 0 Å². The van der Waals surface area contributed by atoms with Gasteiger partial charge in [0.1, 0.15) is 0 Å². The van der Waals surface area contributed by atoms with Gasteiger partial charge >= 0.3 is 0 Å². The fourth-order valence-corrected chi connectivity index (χ4v) is 1.41. The molecule has 0 aromatic carbocycles. The van der Waals surface area contributed by atoms with Crippen molar-refractivity contribution in [3.63, 3.8) is 0 Å². The molecule has 3 N–H and O–H groups in total. The van der Waals surface area contributed by atoms with Gasteiger partial charge in [0.15, 0.2) is 0 Å². The van der Waals surface area contributed by atoms with Crippen LogP contribution < -0.4 is 5.32 Å². The minimum absolute atomic E-state index is 0.159. The second-order valence-electron chi connectivity index (χ2n) is 4.63. The minimum atomic E-state index is -0.629. The molecule has 0 atom stereocenters. The highest BCUT2D eigenvalue weighted by molar-refractivity contribution is 4.85. The van der Waals surface area contributed by atoms with E-state index in [2.05, 4.69) is 19.2 Å². The van der Waals surface area contributed by atoms with Crippen LogP contribution in [0.2, 0.25) is 0 Å². The Morgan fingerprint density at radius 3 is 1.93 bits per heavy atom. The maximum absolute atomic E-state index is 9.53. The number of nitrogens with one attached hydrogen (secondary N) is 1. The molecule has 0 aromatic heterocycles. The molecule has 0 saturated heterocycles. The SMILES string of the molecule is CCC(CC)(CO)NCCC(C)(C)O. The second kappa shape index (κ2) is 5.69. The number of hydrogen-bond acceptors (Lipinski definition) is 3. The molecule has 0 radical (unpaired) electrons. The van der Waals surface area contributed by atoms with Gasteiger partial charge in [0, 0.05) is 5.54 Å². The third-order valence-electron chi connectivity index (χ3n) is 2.89. The van der Waals surface area contributed by atoms with E-state index in [9.17, 15) is 10.2 Å². The zero-order valence-electron chi connectivity index (χ0n) is 9.93. The second-order valence-corrected chi connectivity index (χ2v) is 4.63. The van der Waals surface area contributed by atoms with Gasteiger partial charge in [-0.2, -0.15) is 0 Å². The Morgan fingerprint density at radius 2 is 1.64 bits per heavy atom. The Bertz CT molecular complexity index is 140. The maximum atomic E-state index is 9.53. The maximum Gasteiger partial charge on any atom is 0.0613 e. The van der Waals surface area contributed by atoms with Gasteiger partial charge in [0.05, 0.1) is 12.2 Å². The topological polar surface area (TPSA) is 52.5 Å². The quantitative estimate of drug-likeness (QED) is 0.584.